The maximum absolute atomic E-state index is 11.7. The predicted octanol–water partition coefficient (Wildman–Crippen LogP) is 1.64. The standard InChI is InChI=1S/C14H18N2O2/c1-14(2,18-3)10-16-13(17)8-11-4-6-12(9-15)7-5-11/h4-7H,8,10H2,1-3H3,(H,16,17). The Bertz CT molecular complexity index is 444. The third kappa shape index (κ3) is 4.56. The van der Waals surface area contributed by atoms with Gasteiger partial charge in [0.15, 0.2) is 0 Å². The van der Waals surface area contributed by atoms with E-state index in [1.165, 1.54) is 0 Å². The number of carbonyl (C=O) groups is 1. The van der Waals surface area contributed by atoms with Crippen LogP contribution in [0.2, 0.25) is 0 Å². The van der Waals surface area contributed by atoms with Crippen LogP contribution in [0.15, 0.2) is 24.3 Å². The van der Waals surface area contributed by atoms with Gasteiger partial charge < -0.3 is 10.1 Å². The average Bonchev–Trinajstić information content (AvgIpc) is 2.37. The normalized spacial score (nSPS) is 10.8. The predicted molar refractivity (Wildman–Crippen MR) is 69.0 cm³/mol. The first kappa shape index (κ1) is 14.2. The van der Waals surface area contributed by atoms with E-state index in [2.05, 4.69) is 5.32 Å². The Balaban J connectivity index is 2.47. The highest BCUT2D eigenvalue weighted by Crippen LogP contribution is 2.06. The SMILES string of the molecule is COC(C)(C)CNC(=O)Cc1ccc(C#N)cc1. The van der Waals surface area contributed by atoms with Gasteiger partial charge in [-0.25, -0.2) is 0 Å². The molecule has 4 nitrogen and oxygen atoms in total. The minimum Gasteiger partial charge on any atom is -0.377 e. The second-order valence-corrected chi connectivity index (χ2v) is 4.73. The van der Waals surface area contributed by atoms with Crippen molar-refractivity contribution in [2.45, 2.75) is 25.9 Å². The van der Waals surface area contributed by atoms with Crippen molar-refractivity contribution < 1.29 is 9.53 Å². The Hall–Kier alpha value is -1.86. The molecule has 0 atom stereocenters. The van der Waals surface area contributed by atoms with E-state index >= 15 is 0 Å². The highest BCUT2D eigenvalue weighted by Gasteiger charge is 2.17. The van der Waals surface area contributed by atoms with Crippen LogP contribution in [0.3, 0.4) is 0 Å². The fraction of sp³-hybridized carbons (Fsp3) is 0.429. The number of ether oxygens (including phenoxy) is 1. The lowest BCUT2D eigenvalue weighted by Crippen LogP contribution is -2.40. The lowest BCUT2D eigenvalue weighted by atomic mass is 10.1. The molecule has 0 fully saturated rings. The summed E-state index contributed by atoms with van der Waals surface area (Å²) in [5.41, 5.74) is 1.13. The Kier molecular flexibility index (Phi) is 4.87. The Morgan fingerprint density at radius 2 is 2.00 bits per heavy atom. The van der Waals surface area contributed by atoms with Crippen molar-refractivity contribution in [2.75, 3.05) is 13.7 Å². The van der Waals surface area contributed by atoms with Crippen molar-refractivity contribution >= 4 is 5.91 Å². The molecule has 1 N–H and O–H groups in total. The molecule has 0 spiro atoms. The van der Waals surface area contributed by atoms with Gasteiger partial charge in [0.05, 0.1) is 23.7 Å². The summed E-state index contributed by atoms with van der Waals surface area (Å²) in [5, 5.41) is 11.5. The molecule has 0 saturated carbocycles. The number of nitrogens with zero attached hydrogens (tertiary/aromatic N) is 1. The quantitative estimate of drug-likeness (QED) is 0.859. The molecule has 1 aromatic carbocycles. The van der Waals surface area contributed by atoms with Crippen LogP contribution in [0.1, 0.15) is 25.0 Å². The van der Waals surface area contributed by atoms with Crippen LogP contribution in [0.4, 0.5) is 0 Å². The Labute approximate surface area is 108 Å². The summed E-state index contributed by atoms with van der Waals surface area (Å²) < 4.78 is 5.22. The summed E-state index contributed by atoms with van der Waals surface area (Å²) in [6, 6.07) is 9.05. The van der Waals surface area contributed by atoms with E-state index in [0.29, 0.717) is 18.5 Å². The number of methoxy groups -OCH3 is 1. The lowest BCUT2D eigenvalue weighted by Gasteiger charge is -2.23. The van der Waals surface area contributed by atoms with Crippen molar-refractivity contribution in [3.8, 4) is 6.07 Å². The van der Waals surface area contributed by atoms with Gasteiger partial charge in [-0.05, 0) is 31.5 Å². The number of nitriles is 1. The second kappa shape index (κ2) is 6.18. The maximum atomic E-state index is 11.7. The van der Waals surface area contributed by atoms with Gasteiger partial charge in [-0.2, -0.15) is 5.26 Å². The van der Waals surface area contributed by atoms with Crippen LogP contribution >= 0.6 is 0 Å². The fourth-order valence-corrected chi connectivity index (χ4v) is 1.33. The van der Waals surface area contributed by atoms with Gasteiger partial charge >= 0.3 is 0 Å². The fourth-order valence-electron chi connectivity index (χ4n) is 1.33. The molecule has 0 aliphatic rings. The summed E-state index contributed by atoms with van der Waals surface area (Å²) in [6.45, 7) is 4.29. The average molecular weight is 246 g/mol. The zero-order valence-corrected chi connectivity index (χ0v) is 11.0. The van der Waals surface area contributed by atoms with Crippen molar-refractivity contribution in [2.24, 2.45) is 0 Å². The Morgan fingerprint density at radius 3 is 2.50 bits per heavy atom. The minimum absolute atomic E-state index is 0.0511. The molecule has 0 bridgehead atoms. The monoisotopic (exact) mass is 246 g/mol. The Morgan fingerprint density at radius 1 is 1.39 bits per heavy atom. The van der Waals surface area contributed by atoms with Gasteiger partial charge in [-0.3, -0.25) is 4.79 Å². The number of rotatable bonds is 5. The van der Waals surface area contributed by atoms with Crippen LogP contribution in [-0.4, -0.2) is 25.2 Å². The second-order valence-electron chi connectivity index (χ2n) is 4.73. The van der Waals surface area contributed by atoms with Crippen molar-refractivity contribution in [3.05, 3.63) is 35.4 Å². The molecule has 1 rings (SSSR count). The molecule has 0 aliphatic heterocycles. The van der Waals surface area contributed by atoms with Crippen LogP contribution in [0.25, 0.3) is 0 Å². The molecular weight excluding hydrogens is 228 g/mol. The molecule has 18 heavy (non-hydrogen) atoms. The largest absolute Gasteiger partial charge is 0.377 e. The van der Waals surface area contributed by atoms with Gasteiger partial charge in [0.1, 0.15) is 0 Å². The van der Waals surface area contributed by atoms with E-state index < -0.39 is 0 Å². The summed E-state index contributed by atoms with van der Waals surface area (Å²) in [5.74, 6) is -0.0511. The first-order valence-electron chi connectivity index (χ1n) is 5.78. The highest BCUT2D eigenvalue weighted by atomic mass is 16.5. The van der Waals surface area contributed by atoms with Gasteiger partial charge in [0.25, 0.3) is 0 Å². The first-order valence-corrected chi connectivity index (χ1v) is 5.78. The van der Waals surface area contributed by atoms with E-state index in [1.807, 2.05) is 19.9 Å². The third-order valence-electron chi connectivity index (χ3n) is 2.71. The molecule has 0 radical (unpaired) electrons. The zero-order valence-electron chi connectivity index (χ0n) is 11.0. The third-order valence-corrected chi connectivity index (χ3v) is 2.71. The highest BCUT2D eigenvalue weighted by molar-refractivity contribution is 5.78. The molecule has 96 valence electrons. The molecular formula is C14H18N2O2. The smallest absolute Gasteiger partial charge is 0.224 e. The number of amides is 1. The molecule has 1 aromatic rings. The summed E-state index contributed by atoms with van der Waals surface area (Å²) >= 11 is 0. The van der Waals surface area contributed by atoms with Crippen molar-refractivity contribution in [1.29, 1.82) is 5.26 Å². The molecule has 0 saturated heterocycles. The van der Waals surface area contributed by atoms with E-state index in [9.17, 15) is 4.79 Å². The van der Waals surface area contributed by atoms with Gasteiger partial charge in [-0.1, -0.05) is 12.1 Å². The van der Waals surface area contributed by atoms with Gasteiger partial charge in [0.2, 0.25) is 5.91 Å². The van der Waals surface area contributed by atoms with E-state index in [4.69, 9.17) is 10.00 Å². The lowest BCUT2D eigenvalue weighted by molar-refractivity contribution is -0.121. The molecule has 0 aliphatic carbocycles. The van der Waals surface area contributed by atoms with Crippen LogP contribution < -0.4 is 5.32 Å². The topological polar surface area (TPSA) is 62.1 Å². The van der Waals surface area contributed by atoms with Crippen LogP contribution in [-0.2, 0) is 16.0 Å². The number of benzene rings is 1. The van der Waals surface area contributed by atoms with Crippen LogP contribution in [0.5, 0.6) is 0 Å². The van der Waals surface area contributed by atoms with E-state index in [1.54, 1.807) is 31.4 Å². The number of nitrogens with one attached hydrogen (secondary N) is 1. The molecule has 1 amide bonds. The van der Waals surface area contributed by atoms with Crippen molar-refractivity contribution in [3.63, 3.8) is 0 Å². The zero-order chi connectivity index (χ0) is 13.6. The maximum Gasteiger partial charge on any atom is 0.224 e. The van der Waals surface area contributed by atoms with Gasteiger partial charge in [0, 0.05) is 13.7 Å². The number of carbonyl (C=O) groups excluding carboxylic acids is 1. The van der Waals surface area contributed by atoms with E-state index in [-0.39, 0.29) is 11.5 Å². The molecule has 0 aromatic heterocycles. The first-order chi connectivity index (χ1) is 8.46. The summed E-state index contributed by atoms with van der Waals surface area (Å²) in [6.07, 6.45) is 0.311. The molecule has 0 heterocycles. The number of hydrogen-bond donors (Lipinski definition) is 1. The molecule has 4 heteroatoms. The number of hydrogen-bond acceptors (Lipinski definition) is 3. The van der Waals surface area contributed by atoms with Gasteiger partial charge in [-0.15, -0.1) is 0 Å². The molecule has 0 unspecified atom stereocenters. The van der Waals surface area contributed by atoms with Crippen LogP contribution in [0, 0.1) is 11.3 Å². The van der Waals surface area contributed by atoms with Crippen molar-refractivity contribution in [1.82, 2.24) is 5.32 Å². The summed E-state index contributed by atoms with van der Waals surface area (Å²) in [7, 11) is 1.62. The summed E-state index contributed by atoms with van der Waals surface area (Å²) in [4.78, 5) is 11.7. The minimum atomic E-state index is -0.361. The van der Waals surface area contributed by atoms with E-state index in [0.717, 1.165) is 5.56 Å².